The van der Waals surface area contributed by atoms with Crippen LogP contribution in [0.25, 0.3) is 0 Å². The number of rotatable bonds is 5. The number of carbonyl (C=O) groups is 1. The first-order valence-corrected chi connectivity index (χ1v) is 9.27. The summed E-state index contributed by atoms with van der Waals surface area (Å²) in [4.78, 5) is 16.4. The predicted octanol–water partition coefficient (Wildman–Crippen LogP) is 5.49. The van der Waals surface area contributed by atoms with Crippen LogP contribution in [0.5, 0.6) is 11.5 Å². The first kappa shape index (κ1) is 19.8. The van der Waals surface area contributed by atoms with Crippen molar-refractivity contribution in [3.8, 4) is 11.5 Å². The normalized spacial score (nSPS) is 12.5. The van der Waals surface area contributed by atoms with E-state index < -0.39 is 11.5 Å². The molecule has 144 valence electrons. The zero-order valence-corrected chi connectivity index (χ0v) is 16.6. The number of nitrogens with zero attached hydrogens (tertiary/aromatic N) is 1. The zero-order chi connectivity index (χ0) is 20.3. The molecule has 1 N–H and O–H groups in total. The molecule has 0 bridgehead atoms. The molecule has 1 unspecified atom stereocenters. The number of carbonyl (C=O) groups excluding carboxylic acids is 1. The number of hydrogen-bond acceptors (Lipinski definition) is 4. The largest absolute Gasteiger partial charge is 0.457 e. The van der Waals surface area contributed by atoms with Crippen LogP contribution in [0, 0.1) is 12.3 Å². The number of ether oxygens (including phenoxy) is 1. The lowest BCUT2D eigenvalue weighted by molar-refractivity contribution is 0.0858. The van der Waals surface area contributed by atoms with E-state index in [1.807, 2.05) is 52.0 Å². The Hall–Kier alpha value is -2.98. The van der Waals surface area contributed by atoms with Gasteiger partial charge in [0, 0.05) is 28.9 Å². The quantitative estimate of drug-likeness (QED) is 0.599. The van der Waals surface area contributed by atoms with Crippen LogP contribution in [0.3, 0.4) is 0 Å². The fraction of sp³-hybridized carbons (Fsp3) is 0.250. The SMILES string of the molecule is Cc1cc(Oc2ccc(C(=O)C(C)(C)C)cc2)ccc1C(O)c1cccnc1. The highest BCUT2D eigenvalue weighted by Crippen LogP contribution is 2.30. The molecule has 3 aromatic rings. The fourth-order valence-corrected chi connectivity index (χ4v) is 2.98. The maximum absolute atomic E-state index is 12.3. The van der Waals surface area contributed by atoms with Crippen LogP contribution in [0.1, 0.15) is 53.9 Å². The molecule has 2 aromatic carbocycles. The molecule has 1 atom stereocenters. The van der Waals surface area contributed by atoms with E-state index in [1.165, 1.54) is 0 Å². The molecule has 0 saturated heterocycles. The van der Waals surface area contributed by atoms with Gasteiger partial charge in [-0.2, -0.15) is 0 Å². The molecule has 0 aliphatic rings. The van der Waals surface area contributed by atoms with Crippen LogP contribution in [0.15, 0.2) is 67.0 Å². The number of ketones is 1. The van der Waals surface area contributed by atoms with E-state index in [9.17, 15) is 9.90 Å². The number of pyridine rings is 1. The zero-order valence-electron chi connectivity index (χ0n) is 16.6. The highest BCUT2D eigenvalue weighted by molar-refractivity contribution is 5.99. The predicted molar refractivity (Wildman–Crippen MR) is 110 cm³/mol. The third-order valence-electron chi connectivity index (χ3n) is 4.57. The van der Waals surface area contributed by atoms with Crippen molar-refractivity contribution in [1.82, 2.24) is 4.98 Å². The van der Waals surface area contributed by atoms with Gasteiger partial charge in [0.1, 0.15) is 17.6 Å². The molecule has 0 saturated carbocycles. The van der Waals surface area contributed by atoms with Gasteiger partial charge >= 0.3 is 0 Å². The summed E-state index contributed by atoms with van der Waals surface area (Å²) in [6.07, 6.45) is 2.61. The van der Waals surface area contributed by atoms with Crippen molar-refractivity contribution < 1.29 is 14.6 Å². The van der Waals surface area contributed by atoms with Gasteiger partial charge in [-0.1, -0.05) is 32.9 Å². The Bertz CT molecular complexity index is 957. The summed E-state index contributed by atoms with van der Waals surface area (Å²) in [5, 5.41) is 10.6. The first-order valence-electron chi connectivity index (χ1n) is 9.27. The molecule has 0 aliphatic carbocycles. The monoisotopic (exact) mass is 375 g/mol. The van der Waals surface area contributed by atoms with E-state index in [4.69, 9.17) is 4.74 Å². The number of aromatic nitrogens is 1. The molecule has 0 spiro atoms. The number of benzene rings is 2. The minimum atomic E-state index is -0.731. The Morgan fingerprint density at radius 1 is 1.04 bits per heavy atom. The van der Waals surface area contributed by atoms with Crippen LogP contribution in [0.4, 0.5) is 0 Å². The van der Waals surface area contributed by atoms with Gasteiger partial charge in [0.2, 0.25) is 0 Å². The van der Waals surface area contributed by atoms with E-state index >= 15 is 0 Å². The fourth-order valence-electron chi connectivity index (χ4n) is 2.98. The van der Waals surface area contributed by atoms with Crippen molar-refractivity contribution >= 4 is 5.78 Å². The average molecular weight is 375 g/mol. The Kier molecular flexibility index (Phi) is 5.61. The van der Waals surface area contributed by atoms with E-state index in [2.05, 4.69) is 4.98 Å². The summed E-state index contributed by atoms with van der Waals surface area (Å²) < 4.78 is 5.91. The van der Waals surface area contributed by atoms with Crippen molar-refractivity contribution in [2.45, 2.75) is 33.8 Å². The third-order valence-corrected chi connectivity index (χ3v) is 4.57. The number of hydrogen-bond donors (Lipinski definition) is 1. The van der Waals surface area contributed by atoms with Crippen LogP contribution < -0.4 is 4.74 Å². The van der Waals surface area contributed by atoms with Crippen molar-refractivity contribution in [1.29, 1.82) is 0 Å². The Morgan fingerprint density at radius 3 is 2.29 bits per heavy atom. The highest BCUT2D eigenvalue weighted by Gasteiger charge is 2.22. The summed E-state index contributed by atoms with van der Waals surface area (Å²) in [7, 11) is 0. The number of aliphatic hydroxyl groups is 1. The van der Waals surface area contributed by atoms with E-state index in [1.54, 1.807) is 42.7 Å². The Labute approximate surface area is 165 Å². The molecule has 3 rings (SSSR count). The minimum Gasteiger partial charge on any atom is -0.457 e. The maximum atomic E-state index is 12.3. The lowest BCUT2D eigenvalue weighted by Gasteiger charge is -2.17. The van der Waals surface area contributed by atoms with Crippen LogP contribution in [-0.4, -0.2) is 15.9 Å². The second-order valence-electron chi connectivity index (χ2n) is 7.91. The molecule has 0 aliphatic heterocycles. The second-order valence-corrected chi connectivity index (χ2v) is 7.91. The summed E-state index contributed by atoms with van der Waals surface area (Å²) in [5.41, 5.74) is 2.74. The molecule has 4 nitrogen and oxygen atoms in total. The topological polar surface area (TPSA) is 59.4 Å². The number of aliphatic hydroxyl groups excluding tert-OH is 1. The molecule has 0 fully saturated rings. The first-order chi connectivity index (χ1) is 13.3. The summed E-state index contributed by atoms with van der Waals surface area (Å²) in [6.45, 7) is 7.66. The molecule has 1 aromatic heterocycles. The number of aryl methyl sites for hydroxylation is 1. The molecule has 28 heavy (non-hydrogen) atoms. The smallest absolute Gasteiger partial charge is 0.168 e. The van der Waals surface area contributed by atoms with Crippen molar-refractivity contribution in [2.24, 2.45) is 5.41 Å². The van der Waals surface area contributed by atoms with Crippen molar-refractivity contribution in [3.63, 3.8) is 0 Å². The molecular weight excluding hydrogens is 350 g/mol. The van der Waals surface area contributed by atoms with Crippen molar-refractivity contribution in [2.75, 3.05) is 0 Å². The Balaban J connectivity index is 1.75. The van der Waals surface area contributed by atoms with Gasteiger partial charge in [-0.05, 0) is 60.5 Å². The molecular formula is C24H25NO3. The van der Waals surface area contributed by atoms with Gasteiger partial charge < -0.3 is 9.84 Å². The van der Waals surface area contributed by atoms with Gasteiger partial charge in [-0.3, -0.25) is 9.78 Å². The Morgan fingerprint density at radius 2 is 1.71 bits per heavy atom. The van der Waals surface area contributed by atoms with Gasteiger partial charge in [-0.15, -0.1) is 0 Å². The van der Waals surface area contributed by atoms with Crippen LogP contribution in [-0.2, 0) is 0 Å². The summed E-state index contributed by atoms with van der Waals surface area (Å²) >= 11 is 0. The van der Waals surface area contributed by atoms with Gasteiger partial charge in [0.05, 0.1) is 0 Å². The van der Waals surface area contributed by atoms with Gasteiger partial charge in [-0.25, -0.2) is 0 Å². The lowest BCUT2D eigenvalue weighted by atomic mass is 9.86. The maximum Gasteiger partial charge on any atom is 0.168 e. The van der Waals surface area contributed by atoms with Gasteiger partial charge in [0.15, 0.2) is 5.78 Å². The molecule has 0 amide bonds. The van der Waals surface area contributed by atoms with Crippen LogP contribution >= 0.6 is 0 Å². The second kappa shape index (κ2) is 7.95. The summed E-state index contributed by atoms with van der Waals surface area (Å²) in [5.74, 6) is 1.43. The lowest BCUT2D eigenvalue weighted by Crippen LogP contribution is -2.19. The average Bonchev–Trinajstić information content (AvgIpc) is 2.68. The van der Waals surface area contributed by atoms with Gasteiger partial charge in [0.25, 0.3) is 0 Å². The molecule has 1 heterocycles. The van der Waals surface area contributed by atoms with Crippen LogP contribution in [0.2, 0.25) is 0 Å². The number of Topliss-reactive ketones (excluding diaryl/α,β-unsaturated/α-hetero) is 1. The van der Waals surface area contributed by atoms with E-state index in [0.717, 1.165) is 16.7 Å². The highest BCUT2D eigenvalue weighted by atomic mass is 16.5. The van der Waals surface area contributed by atoms with E-state index in [0.29, 0.717) is 17.1 Å². The molecule has 0 radical (unpaired) electrons. The van der Waals surface area contributed by atoms with Crippen molar-refractivity contribution in [3.05, 3.63) is 89.2 Å². The standard InChI is InChI=1S/C24H25NO3/c1-16-14-20(11-12-21(16)22(26)18-6-5-13-25-15-18)28-19-9-7-17(8-10-19)23(27)24(2,3)4/h5-15,22,26H,1-4H3. The van der Waals surface area contributed by atoms with E-state index in [-0.39, 0.29) is 5.78 Å². The third kappa shape index (κ3) is 4.46. The molecule has 4 heteroatoms. The minimum absolute atomic E-state index is 0.101. The summed E-state index contributed by atoms with van der Waals surface area (Å²) in [6, 6.07) is 16.4.